The molecule has 1 saturated heterocycles. The van der Waals surface area contributed by atoms with E-state index >= 15 is 0 Å². The van der Waals surface area contributed by atoms with Crippen LogP contribution in [0.2, 0.25) is 0 Å². The van der Waals surface area contributed by atoms with E-state index in [0.29, 0.717) is 22.9 Å². The average Bonchev–Trinajstić information content (AvgIpc) is 2.89. The maximum atomic E-state index is 14.1. The van der Waals surface area contributed by atoms with Crippen molar-refractivity contribution in [2.45, 2.75) is 64.0 Å². The van der Waals surface area contributed by atoms with Crippen molar-refractivity contribution in [3.63, 3.8) is 0 Å². The van der Waals surface area contributed by atoms with Gasteiger partial charge >= 0.3 is 6.18 Å². The highest BCUT2D eigenvalue weighted by molar-refractivity contribution is 5.90. The fraction of sp³-hybridized carbons (Fsp3) is 0.481. The van der Waals surface area contributed by atoms with Crippen LogP contribution in [0.25, 0.3) is 16.8 Å². The molecule has 4 atom stereocenters. The molecule has 4 N–H and O–H groups in total. The molecule has 9 nitrogen and oxygen atoms in total. The number of nitrogens with zero attached hydrogens (tertiary/aromatic N) is 2. The predicted octanol–water partition coefficient (Wildman–Crippen LogP) is 2.84. The van der Waals surface area contributed by atoms with Crippen molar-refractivity contribution < 1.29 is 27.6 Å². The van der Waals surface area contributed by atoms with Gasteiger partial charge in [-0.25, -0.2) is 5.43 Å². The molecule has 1 aliphatic heterocycles. The first-order valence-corrected chi connectivity index (χ1v) is 12.8. The second kappa shape index (κ2) is 12.6. The van der Waals surface area contributed by atoms with Gasteiger partial charge in [0.05, 0.1) is 11.7 Å². The predicted molar refractivity (Wildman–Crippen MR) is 142 cm³/mol. The number of likely N-dealkylation sites (N-methyl/N-ethyl adjacent to an activating group) is 1. The number of hydrogen-bond donors (Lipinski definition) is 4. The van der Waals surface area contributed by atoms with E-state index < -0.39 is 42.2 Å². The number of carbonyl (C=O) groups is 3. The van der Waals surface area contributed by atoms with Gasteiger partial charge in [-0.1, -0.05) is 32.6 Å². The lowest BCUT2D eigenvalue weighted by Crippen LogP contribution is -2.62. The number of alkyl halides is 3. The average molecular weight is 549 g/mol. The van der Waals surface area contributed by atoms with Gasteiger partial charge in [-0.3, -0.25) is 24.4 Å². The molecule has 2 heterocycles. The number of amides is 3. The second-order valence-corrected chi connectivity index (χ2v) is 9.96. The van der Waals surface area contributed by atoms with Crippen LogP contribution in [0, 0.1) is 5.92 Å². The van der Waals surface area contributed by atoms with Gasteiger partial charge < -0.3 is 16.0 Å². The van der Waals surface area contributed by atoms with Crippen molar-refractivity contribution in [1.29, 1.82) is 0 Å². The Morgan fingerprint density at radius 1 is 1.15 bits per heavy atom. The first-order valence-electron chi connectivity index (χ1n) is 12.8. The summed E-state index contributed by atoms with van der Waals surface area (Å²) in [5.41, 5.74) is 3.13. The molecule has 2 aromatic rings. The largest absolute Gasteiger partial charge is 0.412 e. The normalized spacial score (nSPS) is 18.4. The number of carbonyl (C=O) groups excluding carboxylic acids is 3. The van der Waals surface area contributed by atoms with Crippen molar-refractivity contribution in [1.82, 2.24) is 31.4 Å². The molecular weight excluding hydrogens is 513 g/mol. The molecule has 1 aliphatic rings. The molecule has 39 heavy (non-hydrogen) atoms. The Hall–Kier alpha value is -3.51. The molecule has 0 spiro atoms. The Labute approximate surface area is 225 Å². The zero-order valence-electron chi connectivity index (χ0n) is 22.4. The van der Waals surface area contributed by atoms with Crippen molar-refractivity contribution in [2.24, 2.45) is 5.92 Å². The summed E-state index contributed by atoms with van der Waals surface area (Å²) in [6.45, 7) is 9.13. The number of benzene rings is 1. The summed E-state index contributed by atoms with van der Waals surface area (Å²) in [6.07, 6.45) is -1.09. The van der Waals surface area contributed by atoms with Crippen LogP contribution in [0.5, 0.6) is 0 Å². The summed E-state index contributed by atoms with van der Waals surface area (Å²) < 4.78 is 42.3. The number of pyridine rings is 1. The highest BCUT2D eigenvalue weighted by Gasteiger charge is 2.43. The van der Waals surface area contributed by atoms with E-state index in [4.69, 9.17) is 0 Å². The quantitative estimate of drug-likeness (QED) is 0.383. The highest BCUT2D eigenvalue weighted by atomic mass is 19.4. The van der Waals surface area contributed by atoms with Gasteiger partial charge in [0.1, 0.15) is 12.1 Å². The SMILES string of the molecule is C=Cc1cc2cc([C@H](NC(=O)C3CCCN(C(=O)C(C)NC(=O)C(NC)C(C)C)N3)C(F)(F)F)ccc2cn1. The van der Waals surface area contributed by atoms with Crippen molar-refractivity contribution >= 4 is 34.6 Å². The van der Waals surface area contributed by atoms with Gasteiger partial charge in [-0.05, 0) is 61.9 Å². The smallest absolute Gasteiger partial charge is 0.343 e. The van der Waals surface area contributed by atoms with Crippen LogP contribution < -0.4 is 21.4 Å². The first kappa shape index (κ1) is 30.0. The molecule has 12 heteroatoms. The minimum atomic E-state index is -4.76. The zero-order valence-corrected chi connectivity index (χ0v) is 22.4. The van der Waals surface area contributed by atoms with Crippen LogP contribution in [0.4, 0.5) is 13.2 Å². The summed E-state index contributed by atoms with van der Waals surface area (Å²) in [5.74, 6) is -1.74. The highest BCUT2D eigenvalue weighted by Crippen LogP contribution is 2.34. The third kappa shape index (κ3) is 7.33. The molecule has 3 amide bonds. The van der Waals surface area contributed by atoms with Gasteiger partial charge in [0.2, 0.25) is 11.8 Å². The second-order valence-electron chi connectivity index (χ2n) is 9.96. The topological polar surface area (TPSA) is 115 Å². The van der Waals surface area contributed by atoms with Crippen molar-refractivity contribution in [3.8, 4) is 0 Å². The van der Waals surface area contributed by atoms with E-state index in [9.17, 15) is 27.6 Å². The van der Waals surface area contributed by atoms with Crippen LogP contribution in [0.15, 0.2) is 37.0 Å². The Balaban J connectivity index is 1.72. The van der Waals surface area contributed by atoms with Crippen LogP contribution in [0.1, 0.15) is 50.9 Å². The number of hydrazine groups is 1. The molecule has 0 aliphatic carbocycles. The molecular formula is C27H35F3N6O3. The van der Waals surface area contributed by atoms with Crippen molar-refractivity contribution in [2.75, 3.05) is 13.6 Å². The van der Waals surface area contributed by atoms with E-state index in [2.05, 4.69) is 32.9 Å². The number of rotatable bonds is 9. The van der Waals surface area contributed by atoms with Crippen LogP contribution in [-0.2, 0) is 14.4 Å². The summed E-state index contributed by atoms with van der Waals surface area (Å²) in [4.78, 5) is 42.6. The number of halogens is 3. The van der Waals surface area contributed by atoms with Gasteiger partial charge in [0.25, 0.3) is 5.91 Å². The van der Waals surface area contributed by atoms with Gasteiger partial charge in [0, 0.05) is 18.1 Å². The molecule has 3 unspecified atom stereocenters. The monoisotopic (exact) mass is 548 g/mol. The van der Waals surface area contributed by atoms with E-state index in [1.807, 2.05) is 13.8 Å². The summed E-state index contributed by atoms with van der Waals surface area (Å²) in [7, 11) is 1.65. The molecule has 1 aromatic carbocycles. The molecule has 0 bridgehead atoms. The first-order chi connectivity index (χ1) is 18.3. The maximum absolute atomic E-state index is 14.1. The molecule has 212 valence electrons. The fourth-order valence-electron chi connectivity index (χ4n) is 4.56. The molecule has 0 radical (unpaired) electrons. The number of nitrogens with one attached hydrogen (secondary N) is 4. The Morgan fingerprint density at radius 3 is 2.49 bits per heavy atom. The van der Waals surface area contributed by atoms with Gasteiger partial charge in [-0.15, -0.1) is 0 Å². The Kier molecular flexibility index (Phi) is 9.68. The summed E-state index contributed by atoms with van der Waals surface area (Å²) in [5, 5.41) is 10.0. The molecule has 0 saturated carbocycles. The third-order valence-electron chi connectivity index (χ3n) is 6.68. The summed E-state index contributed by atoms with van der Waals surface area (Å²) in [6, 6.07) is 1.09. The number of aromatic nitrogens is 1. The van der Waals surface area contributed by atoms with E-state index in [-0.39, 0.29) is 30.4 Å². The van der Waals surface area contributed by atoms with Crippen LogP contribution in [-0.4, -0.2) is 65.6 Å². The lowest BCUT2D eigenvalue weighted by molar-refractivity contribution is -0.165. The number of hydrogen-bond acceptors (Lipinski definition) is 6. The maximum Gasteiger partial charge on any atom is 0.412 e. The lowest BCUT2D eigenvalue weighted by atomic mass is 10.0. The molecule has 3 rings (SSSR count). The summed E-state index contributed by atoms with van der Waals surface area (Å²) >= 11 is 0. The van der Waals surface area contributed by atoms with Gasteiger partial charge in [-0.2, -0.15) is 13.2 Å². The minimum absolute atomic E-state index is 0.0108. The standard InChI is InChI=1S/C27H35F3N6O3/c1-6-20-13-19-12-17(9-10-18(19)14-32-20)23(27(28,29)30)34-24(37)21-8-7-11-36(35-21)26(39)16(4)33-25(38)22(31-5)15(2)3/h6,9-10,12-16,21-23,31,35H,1,7-8,11H2,2-5H3,(H,33,38)(H,34,37)/t16?,21?,22?,23-/m0/s1. The Morgan fingerprint density at radius 2 is 1.87 bits per heavy atom. The Bertz CT molecular complexity index is 1220. The fourth-order valence-corrected chi connectivity index (χ4v) is 4.56. The van der Waals surface area contributed by atoms with Crippen LogP contribution in [0.3, 0.4) is 0 Å². The minimum Gasteiger partial charge on any atom is -0.343 e. The van der Waals surface area contributed by atoms with E-state index in [0.717, 1.165) is 0 Å². The van der Waals surface area contributed by atoms with Crippen LogP contribution >= 0.6 is 0 Å². The number of fused-ring (bicyclic) bond motifs is 1. The van der Waals surface area contributed by atoms with E-state index in [1.165, 1.54) is 36.2 Å². The van der Waals surface area contributed by atoms with Gasteiger partial charge in [0.15, 0.2) is 6.04 Å². The third-order valence-corrected chi connectivity index (χ3v) is 6.68. The molecule has 1 aromatic heterocycles. The van der Waals surface area contributed by atoms with E-state index in [1.54, 1.807) is 19.3 Å². The lowest BCUT2D eigenvalue weighted by Gasteiger charge is -2.35. The van der Waals surface area contributed by atoms with Crippen molar-refractivity contribution in [3.05, 3.63) is 48.3 Å². The zero-order chi connectivity index (χ0) is 28.9. The molecule has 1 fully saturated rings.